The quantitative estimate of drug-likeness (QED) is 0.779. The summed E-state index contributed by atoms with van der Waals surface area (Å²) in [5.74, 6) is 1.40. The Labute approximate surface area is 148 Å². The predicted octanol–water partition coefficient (Wildman–Crippen LogP) is 2.76. The van der Waals surface area contributed by atoms with Crippen LogP contribution >= 0.6 is 0 Å². The van der Waals surface area contributed by atoms with E-state index in [0.29, 0.717) is 37.2 Å². The number of aromatic nitrogens is 2. The van der Waals surface area contributed by atoms with Gasteiger partial charge in [0.2, 0.25) is 5.89 Å². The van der Waals surface area contributed by atoms with Crippen LogP contribution in [0.3, 0.4) is 0 Å². The van der Waals surface area contributed by atoms with E-state index >= 15 is 0 Å². The zero-order valence-corrected chi connectivity index (χ0v) is 15.0. The largest absolute Gasteiger partial charge is 0.464 e. The highest BCUT2D eigenvalue weighted by Crippen LogP contribution is 2.38. The van der Waals surface area contributed by atoms with Gasteiger partial charge in [-0.3, -0.25) is 5.32 Å². The number of aryl methyl sites for hydroxylation is 1. The van der Waals surface area contributed by atoms with Crippen molar-refractivity contribution in [1.82, 2.24) is 15.5 Å². The predicted molar refractivity (Wildman–Crippen MR) is 92.8 cm³/mol. The summed E-state index contributed by atoms with van der Waals surface area (Å²) in [7, 11) is 0. The molecule has 1 aromatic carbocycles. The molecule has 6 nitrogen and oxygen atoms in total. The third kappa shape index (κ3) is 3.58. The first kappa shape index (κ1) is 17.6. The minimum absolute atomic E-state index is 0.248. The molecule has 0 fully saturated rings. The van der Waals surface area contributed by atoms with E-state index in [1.165, 1.54) is 5.56 Å². The summed E-state index contributed by atoms with van der Waals surface area (Å²) in [6.45, 7) is 6.73. The molecule has 1 aliphatic rings. The molecule has 25 heavy (non-hydrogen) atoms. The number of esters is 1. The van der Waals surface area contributed by atoms with Crippen LogP contribution in [-0.4, -0.2) is 22.7 Å². The van der Waals surface area contributed by atoms with Gasteiger partial charge in [-0.05, 0) is 36.8 Å². The Balaban J connectivity index is 1.80. The average Bonchev–Trinajstić information content (AvgIpc) is 3.18. The standard InChI is InChI=1S/C19H25N3O3/c1-4-24-18(23)19(10-9-14-7-5-6-8-15(14)19)20-12-17-21-16(22-25-17)11-13(2)3/h5-8,13,20H,4,9-12H2,1-3H3. The van der Waals surface area contributed by atoms with Crippen molar-refractivity contribution in [2.45, 2.75) is 52.1 Å². The molecule has 1 atom stereocenters. The fourth-order valence-electron chi connectivity index (χ4n) is 3.37. The third-order valence-corrected chi connectivity index (χ3v) is 4.51. The Hall–Kier alpha value is -2.21. The van der Waals surface area contributed by atoms with Gasteiger partial charge < -0.3 is 9.26 Å². The molecule has 6 heteroatoms. The molecule has 3 rings (SSSR count). The lowest BCUT2D eigenvalue weighted by atomic mass is 9.91. The van der Waals surface area contributed by atoms with Crippen LogP contribution in [0.15, 0.2) is 28.8 Å². The molecule has 0 amide bonds. The summed E-state index contributed by atoms with van der Waals surface area (Å²) < 4.78 is 10.7. The second kappa shape index (κ2) is 7.35. The Morgan fingerprint density at radius 2 is 2.20 bits per heavy atom. The van der Waals surface area contributed by atoms with Gasteiger partial charge in [0.15, 0.2) is 5.82 Å². The smallest absolute Gasteiger partial charge is 0.331 e. The number of ether oxygens (including phenoxy) is 1. The monoisotopic (exact) mass is 343 g/mol. The van der Waals surface area contributed by atoms with Gasteiger partial charge in [0, 0.05) is 6.42 Å². The number of hydrogen-bond donors (Lipinski definition) is 1. The number of nitrogens with zero attached hydrogens (tertiary/aromatic N) is 2. The lowest BCUT2D eigenvalue weighted by molar-refractivity contribution is -0.152. The fraction of sp³-hybridized carbons (Fsp3) is 0.526. The van der Waals surface area contributed by atoms with Crippen molar-refractivity contribution >= 4 is 5.97 Å². The summed E-state index contributed by atoms with van der Waals surface area (Å²) in [4.78, 5) is 17.2. The number of carbonyl (C=O) groups excluding carboxylic acids is 1. The van der Waals surface area contributed by atoms with Crippen LogP contribution in [0.4, 0.5) is 0 Å². The molecule has 2 aromatic rings. The zero-order valence-electron chi connectivity index (χ0n) is 15.0. The van der Waals surface area contributed by atoms with E-state index in [4.69, 9.17) is 9.26 Å². The van der Waals surface area contributed by atoms with Crippen LogP contribution < -0.4 is 5.32 Å². The van der Waals surface area contributed by atoms with Crippen molar-refractivity contribution in [3.63, 3.8) is 0 Å². The Bertz CT molecular complexity index is 741. The first-order chi connectivity index (χ1) is 12.0. The molecular weight excluding hydrogens is 318 g/mol. The van der Waals surface area contributed by atoms with Crippen molar-refractivity contribution in [3.05, 3.63) is 47.1 Å². The van der Waals surface area contributed by atoms with Crippen LogP contribution in [0.5, 0.6) is 0 Å². The lowest BCUT2D eigenvalue weighted by Crippen LogP contribution is -2.48. The van der Waals surface area contributed by atoms with Gasteiger partial charge in [-0.15, -0.1) is 0 Å². The normalized spacial score (nSPS) is 19.2. The van der Waals surface area contributed by atoms with E-state index < -0.39 is 5.54 Å². The zero-order chi connectivity index (χ0) is 17.9. The van der Waals surface area contributed by atoms with Gasteiger partial charge in [0.25, 0.3) is 0 Å². The SMILES string of the molecule is CCOC(=O)C1(NCc2nc(CC(C)C)no2)CCc2ccccc21. The van der Waals surface area contributed by atoms with E-state index in [-0.39, 0.29) is 5.97 Å². The summed E-state index contributed by atoms with van der Waals surface area (Å²) in [5.41, 5.74) is 1.31. The number of rotatable bonds is 7. The van der Waals surface area contributed by atoms with Crippen molar-refractivity contribution in [1.29, 1.82) is 0 Å². The summed E-state index contributed by atoms with van der Waals surface area (Å²) >= 11 is 0. The molecule has 1 unspecified atom stereocenters. The number of nitrogens with one attached hydrogen (secondary N) is 1. The Kier molecular flexibility index (Phi) is 5.18. The van der Waals surface area contributed by atoms with E-state index in [0.717, 1.165) is 18.4 Å². The molecule has 1 aliphatic carbocycles. The lowest BCUT2D eigenvalue weighted by Gasteiger charge is -2.28. The van der Waals surface area contributed by atoms with Crippen LogP contribution in [0, 0.1) is 5.92 Å². The van der Waals surface area contributed by atoms with Gasteiger partial charge >= 0.3 is 5.97 Å². The van der Waals surface area contributed by atoms with Crippen molar-refractivity contribution < 1.29 is 14.1 Å². The first-order valence-electron chi connectivity index (χ1n) is 8.87. The van der Waals surface area contributed by atoms with Crippen LogP contribution in [0.1, 0.15) is 50.0 Å². The van der Waals surface area contributed by atoms with E-state index in [1.807, 2.05) is 25.1 Å². The van der Waals surface area contributed by atoms with E-state index in [9.17, 15) is 4.79 Å². The summed E-state index contributed by atoms with van der Waals surface area (Å²) in [5, 5.41) is 7.36. The Morgan fingerprint density at radius 1 is 1.40 bits per heavy atom. The van der Waals surface area contributed by atoms with Gasteiger partial charge in [0.1, 0.15) is 5.54 Å². The van der Waals surface area contributed by atoms with Crippen molar-refractivity contribution in [3.8, 4) is 0 Å². The molecule has 0 bridgehead atoms. The van der Waals surface area contributed by atoms with Crippen LogP contribution in [-0.2, 0) is 34.5 Å². The average molecular weight is 343 g/mol. The number of hydrogen-bond acceptors (Lipinski definition) is 6. The maximum atomic E-state index is 12.8. The molecular formula is C19H25N3O3. The number of benzene rings is 1. The molecule has 0 saturated carbocycles. The maximum absolute atomic E-state index is 12.8. The highest BCUT2D eigenvalue weighted by Gasteiger charge is 2.46. The van der Waals surface area contributed by atoms with Gasteiger partial charge in [-0.2, -0.15) is 4.98 Å². The maximum Gasteiger partial charge on any atom is 0.331 e. The summed E-state index contributed by atoms with van der Waals surface area (Å²) in [6.07, 6.45) is 2.28. The molecule has 0 aliphatic heterocycles. The van der Waals surface area contributed by atoms with Crippen molar-refractivity contribution in [2.75, 3.05) is 6.61 Å². The highest BCUT2D eigenvalue weighted by atomic mass is 16.5. The number of carbonyl (C=O) groups is 1. The molecule has 1 aromatic heterocycles. The molecule has 0 spiro atoms. The molecule has 0 radical (unpaired) electrons. The van der Waals surface area contributed by atoms with Gasteiger partial charge in [-0.25, -0.2) is 4.79 Å². The van der Waals surface area contributed by atoms with E-state index in [2.05, 4.69) is 35.4 Å². The van der Waals surface area contributed by atoms with Gasteiger partial charge in [-0.1, -0.05) is 43.3 Å². The van der Waals surface area contributed by atoms with Gasteiger partial charge in [0.05, 0.1) is 13.2 Å². The molecule has 1 heterocycles. The highest BCUT2D eigenvalue weighted by molar-refractivity contribution is 5.84. The molecule has 1 N–H and O–H groups in total. The second-order valence-corrected chi connectivity index (χ2v) is 6.84. The topological polar surface area (TPSA) is 77.2 Å². The molecule has 0 saturated heterocycles. The minimum Gasteiger partial charge on any atom is -0.464 e. The first-order valence-corrected chi connectivity index (χ1v) is 8.87. The third-order valence-electron chi connectivity index (χ3n) is 4.51. The Morgan fingerprint density at radius 3 is 2.96 bits per heavy atom. The second-order valence-electron chi connectivity index (χ2n) is 6.84. The molecule has 134 valence electrons. The summed E-state index contributed by atoms with van der Waals surface area (Å²) in [6, 6.07) is 8.00. The number of fused-ring (bicyclic) bond motifs is 1. The fourth-order valence-corrected chi connectivity index (χ4v) is 3.37. The minimum atomic E-state index is -0.848. The van der Waals surface area contributed by atoms with E-state index in [1.54, 1.807) is 0 Å². The van der Waals surface area contributed by atoms with Crippen LogP contribution in [0.2, 0.25) is 0 Å². The van der Waals surface area contributed by atoms with Crippen LogP contribution in [0.25, 0.3) is 0 Å². The van der Waals surface area contributed by atoms with Crippen molar-refractivity contribution in [2.24, 2.45) is 5.92 Å².